The number of hydrogen-bond acceptors (Lipinski definition) is 4. The van der Waals surface area contributed by atoms with Crippen LogP contribution in [0.4, 0.5) is 8.78 Å². The molecule has 0 radical (unpaired) electrons. The molecule has 0 aromatic heterocycles. The standard InChI is InChI=1S/C25H31F2N3O2/c1-32-23-4-2-3-19(15-23)17-28-11-13-29(14-12-28)22-7-8-25(31)30(10-9-22)18-20-5-6-21(26)16-24(20)27/h2-6,15-16,22H,7-14,17-18H2,1H3. The van der Waals surface area contributed by atoms with Crippen molar-refractivity contribution in [2.75, 3.05) is 39.8 Å². The molecule has 2 heterocycles. The van der Waals surface area contributed by atoms with Crippen LogP contribution in [-0.2, 0) is 17.9 Å². The fourth-order valence-corrected chi connectivity index (χ4v) is 4.73. The number of likely N-dealkylation sites (tertiary alicyclic amines) is 1. The molecule has 7 heteroatoms. The number of amides is 1. The van der Waals surface area contributed by atoms with E-state index in [1.165, 1.54) is 17.7 Å². The molecule has 2 aliphatic heterocycles. The maximum absolute atomic E-state index is 14.0. The summed E-state index contributed by atoms with van der Waals surface area (Å²) >= 11 is 0. The minimum atomic E-state index is -0.598. The molecule has 5 nitrogen and oxygen atoms in total. The highest BCUT2D eigenvalue weighted by molar-refractivity contribution is 5.76. The number of carbonyl (C=O) groups is 1. The molecule has 2 aromatic rings. The van der Waals surface area contributed by atoms with Crippen LogP contribution in [0.5, 0.6) is 5.75 Å². The Bertz CT molecular complexity index is 931. The van der Waals surface area contributed by atoms with Crippen molar-refractivity contribution < 1.29 is 18.3 Å². The number of carbonyl (C=O) groups excluding carboxylic acids is 1. The van der Waals surface area contributed by atoms with E-state index in [-0.39, 0.29) is 12.5 Å². The Balaban J connectivity index is 1.28. The van der Waals surface area contributed by atoms with Crippen LogP contribution < -0.4 is 4.74 Å². The molecule has 1 unspecified atom stereocenters. The molecular weight excluding hydrogens is 412 g/mol. The first kappa shape index (κ1) is 22.7. The van der Waals surface area contributed by atoms with Crippen LogP contribution in [0.1, 0.15) is 30.4 Å². The van der Waals surface area contributed by atoms with Gasteiger partial charge in [-0.1, -0.05) is 18.2 Å². The Labute approximate surface area is 188 Å². The van der Waals surface area contributed by atoms with Gasteiger partial charge in [-0.25, -0.2) is 8.78 Å². The SMILES string of the molecule is COc1cccc(CN2CCN(C3CCC(=O)N(Cc4ccc(F)cc4F)CC3)CC2)c1. The van der Waals surface area contributed by atoms with Crippen LogP contribution in [0.15, 0.2) is 42.5 Å². The summed E-state index contributed by atoms with van der Waals surface area (Å²) in [5.41, 5.74) is 1.62. The van der Waals surface area contributed by atoms with Gasteiger partial charge in [-0.3, -0.25) is 14.6 Å². The van der Waals surface area contributed by atoms with Crippen molar-refractivity contribution in [2.45, 2.75) is 38.4 Å². The zero-order valence-electron chi connectivity index (χ0n) is 18.6. The number of rotatable bonds is 6. The molecule has 1 atom stereocenters. The van der Waals surface area contributed by atoms with Crippen molar-refractivity contribution in [1.29, 1.82) is 0 Å². The van der Waals surface area contributed by atoms with Gasteiger partial charge < -0.3 is 9.64 Å². The summed E-state index contributed by atoms with van der Waals surface area (Å²) in [6.07, 6.45) is 2.18. The molecule has 2 saturated heterocycles. The van der Waals surface area contributed by atoms with Crippen molar-refractivity contribution in [1.82, 2.24) is 14.7 Å². The Morgan fingerprint density at radius 1 is 0.969 bits per heavy atom. The van der Waals surface area contributed by atoms with Gasteiger partial charge in [0.2, 0.25) is 5.91 Å². The molecule has 2 aromatic carbocycles. The van der Waals surface area contributed by atoms with Crippen LogP contribution in [-0.4, -0.2) is 66.5 Å². The summed E-state index contributed by atoms with van der Waals surface area (Å²) in [5.74, 6) is -0.257. The summed E-state index contributed by atoms with van der Waals surface area (Å²) in [5, 5.41) is 0. The molecule has 0 saturated carbocycles. The second-order valence-electron chi connectivity index (χ2n) is 8.70. The van der Waals surface area contributed by atoms with Gasteiger partial charge >= 0.3 is 0 Å². The van der Waals surface area contributed by atoms with Crippen molar-refractivity contribution >= 4 is 5.91 Å². The fraction of sp³-hybridized carbons (Fsp3) is 0.480. The van der Waals surface area contributed by atoms with Crippen molar-refractivity contribution in [3.63, 3.8) is 0 Å². The molecule has 0 N–H and O–H groups in total. The number of piperazine rings is 1. The smallest absolute Gasteiger partial charge is 0.222 e. The lowest BCUT2D eigenvalue weighted by atomic mass is 10.1. The summed E-state index contributed by atoms with van der Waals surface area (Å²) in [6.45, 7) is 5.66. The molecule has 0 aliphatic carbocycles. The monoisotopic (exact) mass is 443 g/mol. The normalized spacial score (nSPS) is 20.9. The second kappa shape index (κ2) is 10.4. The van der Waals surface area contributed by atoms with Crippen molar-refractivity contribution in [2.24, 2.45) is 0 Å². The molecule has 0 bridgehead atoms. The van der Waals surface area contributed by atoms with Gasteiger partial charge in [-0.15, -0.1) is 0 Å². The number of nitrogens with zero attached hydrogens (tertiary/aromatic N) is 3. The van der Waals surface area contributed by atoms with Gasteiger partial charge in [0.25, 0.3) is 0 Å². The molecule has 172 valence electrons. The van der Waals surface area contributed by atoms with Gasteiger partial charge in [0.05, 0.1) is 7.11 Å². The molecule has 4 rings (SSSR count). The topological polar surface area (TPSA) is 36.0 Å². The third-order valence-corrected chi connectivity index (χ3v) is 6.62. The molecule has 2 fully saturated rings. The number of halogens is 2. The molecule has 2 aliphatic rings. The van der Waals surface area contributed by atoms with Gasteiger partial charge in [0, 0.05) is 69.9 Å². The highest BCUT2D eigenvalue weighted by atomic mass is 19.1. The highest BCUT2D eigenvalue weighted by Crippen LogP contribution is 2.22. The Kier molecular flexibility index (Phi) is 7.37. The minimum absolute atomic E-state index is 0.0490. The predicted molar refractivity (Wildman–Crippen MR) is 119 cm³/mol. The number of hydrogen-bond donors (Lipinski definition) is 0. The Morgan fingerprint density at radius 3 is 2.53 bits per heavy atom. The summed E-state index contributed by atoms with van der Waals surface area (Å²) in [6, 6.07) is 12.1. The van der Waals surface area contributed by atoms with Crippen LogP contribution in [0.25, 0.3) is 0 Å². The van der Waals surface area contributed by atoms with E-state index in [1.807, 2.05) is 12.1 Å². The average molecular weight is 444 g/mol. The lowest BCUT2D eigenvalue weighted by Crippen LogP contribution is -2.50. The van der Waals surface area contributed by atoms with Crippen molar-refractivity contribution in [3.05, 3.63) is 65.2 Å². The third kappa shape index (κ3) is 5.64. The van der Waals surface area contributed by atoms with E-state index >= 15 is 0 Å². The van der Waals surface area contributed by atoms with Crippen LogP contribution >= 0.6 is 0 Å². The maximum atomic E-state index is 14.0. The first-order chi connectivity index (χ1) is 15.5. The fourth-order valence-electron chi connectivity index (χ4n) is 4.73. The van der Waals surface area contributed by atoms with E-state index in [0.29, 0.717) is 24.6 Å². The minimum Gasteiger partial charge on any atom is -0.497 e. The van der Waals surface area contributed by atoms with Crippen LogP contribution in [0, 0.1) is 11.6 Å². The summed E-state index contributed by atoms with van der Waals surface area (Å²) in [4.78, 5) is 19.3. The first-order valence-electron chi connectivity index (χ1n) is 11.3. The molecule has 0 spiro atoms. The molecule has 1 amide bonds. The zero-order chi connectivity index (χ0) is 22.5. The van der Waals surface area contributed by atoms with E-state index in [0.717, 1.165) is 57.4 Å². The molecular formula is C25H31F2N3O2. The Hall–Kier alpha value is -2.51. The lowest BCUT2D eigenvalue weighted by molar-refractivity contribution is -0.131. The lowest BCUT2D eigenvalue weighted by Gasteiger charge is -2.39. The maximum Gasteiger partial charge on any atom is 0.222 e. The average Bonchev–Trinajstić information content (AvgIpc) is 2.98. The van der Waals surface area contributed by atoms with Crippen molar-refractivity contribution in [3.8, 4) is 5.75 Å². The predicted octanol–water partition coefficient (Wildman–Crippen LogP) is 3.67. The van der Waals surface area contributed by atoms with Gasteiger partial charge in [0.15, 0.2) is 0 Å². The number of methoxy groups -OCH3 is 1. The van der Waals surface area contributed by atoms with Gasteiger partial charge in [0.1, 0.15) is 17.4 Å². The van der Waals surface area contributed by atoms with E-state index in [1.54, 1.807) is 12.0 Å². The summed E-state index contributed by atoms with van der Waals surface area (Å²) < 4.78 is 32.5. The number of benzene rings is 2. The van der Waals surface area contributed by atoms with E-state index < -0.39 is 11.6 Å². The summed E-state index contributed by atoms with van der Waals surface area (Å²) in [7, 11) is 1.69. The van der Waals surface area contributed by atoms with Crippen LogP contribution in [0.2, 0.25) is 0 Å². The quantitative estimate of drug-likeness (QED) is 0.683. The van der Waals surface area contributed by atoms with Gasteiger partial charge in [-0.05, 0) is 36.6 Å². The van der Waals surface area contributed by atoms with E-state index in [9.17, 15) is 13.6 Å². The second-order valence-corrected chi connectivity index (χ2v) is 8.70. The van der Waals surface area contributed by atoms with E-state index in [2.05, 4.69) is 21.9 Å². The Morgan fingerprint density at radius 2 is 1.78 bits per heavy atom. The van der Waals surface area contributed by atoms with Gasteiger partial charge in [-0.2, -0.15) is 0 Å². The first-order valence-corrected chi connectivity index (χ1v) is 11.3. The number of ether oxygens (including phenoxy) is 1. The largest absolute Gasteiger partial charge is 0.497 e. The molecule has 32 heavy (non-hydrogen) atoms. The van der Waals surface area contributed by atoms with Crippen LogP contribution in [0.3, 0.4) is 0 Å². The third-order valence-electron chi connectivity index (χ3n) is 6.62. The zero-order valence-corrected chi connectivity index (χ0v) is 18.6. The van der Waals surface area contributed by atoms with E-state index in [4.69, 9.17) is 4.74 Å². The highest BCUT2D eigenvalue weighted by Gasteiger charge is 2.29.